The minimum Gasteiger partial charge on any atom is -0.172 e. The summed E-state index contributed by atoms with van der Waals surface area (Å²) in [4.78, 5) is 0. The van der Waals surface area contributed by atoms with E-state index in [2.05, 4.69) is 11.6 Å². The number of rotatable bonds is 0. The van der Waals surface area contributed by atoms with E-state index in [0.717, 1.165) is 0 Å². The molecule has 0 spiro atoms. The van der Waals surface area contributed by atoms with E-state index in [-0.39, 0.29) is 0 Å². The van der Waals surface area contributed by atoms with Gasteiger partial charge in [-0.05, 0) is 0 Å². The van der Waals surface area contributed by atoms with Crippen molar-refractivity contribution < 1.29 is 22.0 Å². The highest BCUT2D eigenvalue weighted by molar-refractivity contribution is 6.30. The van der Waals surface area contributed by atoms with Crippen LogP contribution in [0.15, 0.2) is 11.1 Å². The highest BCUT2D eigenvalue weighted by Gasteiger charge is 2.36. The van der Waals surface area contributed by atoms with E-state index in [9.17, 15) is 22.0 Å². The molecule has 9 heavy (non-hydrogen) atoms. The molecule has 0 heterocycles. The van der Waals surface area contributed by atoms with Crippen molar-refractivity contribution in [3.05, 3.63) is 11.1 Å². The molecule has 0 aromatic rings. The summed E-state index contributed by atoms with van der Waals surface area (Å²) in [7, 11) is 0. The van der Waals surface area contributed by atoms with Gasteiger partial charge in [0.15, 0.2) is 5.03 Å². The highest BCUT2D eigenvalue weighted by Crippen LogP contribution is 2.31. The molecule has 0 N–H and O–H groups in total. The highest BCUT2D eigenvalue weighted by atomic mass is 35.5. The summed E-state index contributed by atoms with van der Waals surface area (Å²) in [6, 6.07) is 0. The van der Waals surface area contributed by atoms with Gasteiger partial charge in [0.1, 0.15) is 0 Å². The lowest BCUT2D eigenvalue weighted by atomic mass is 10.6. The van der Waals surface area contributed by atoms with Crippen LogP contribution < -0.4 is 0 Å². The van der Waals surface area contributed by atoms with Gasteiger partial charge in [0.2, 0.25) is 0 Å². The Morgan fingerprint density at radius 1 is 1.11 bits per heavy atom. The zero-order valence-electron chi connectivity index (χ0n) is 3.77. The van der Waals surface area contributed by atoms with Crippen LogP contribution in [0.5, 0.6) is 0 Å². The average Bonchev–Trinajstić information content (AvgIpc) is 1.62. The van der Waals surface area contributed by atoms with Gasteiger partial charge in [-0.15, -0.1) is 0 Å². The van der Waals surface area contributed by atoms with Gasteiger partial charge in [-0.2, -0.15) is 22.0 Å². The van der Waals surface area contributed by atoms with E-state index in [1.165, 1.54) is 0 Å². The van der Waals surface area contributed by atoms with Gasteiger partial charge in [-0.1, -0.05) is 11.6 Å². The van der Waals surface area contributed by atoms with Crippen LogP contribution in [0.2, 0.25) is 0 Å². The van der Waals surface area contributed by atoms with Crippen LogP contribution in [0.3, 0.4) is 0 Å². The minimum atomic E-state index is -5.12. The number of alkyl halides is 3. The summed E-state index contributed by atoms with van der Waals surface area (Å²) < 4.78 is 55.0. The number of allylic oxidation sites excluding steroid dienone is 1. The van der Waals surface area contributed by atoms with E-state index in [1.807, 2.05) is 0 Å². The van der Waals surface area contributed by atoms with E-state index in [0.29, 0.717) is 0 Å². The van der Waals surface area contributed by atoms with Gasteiger partial charge in [-0.3, -0.25) is 0 Å². The van der Waals surface area contributed by atoms with Crippen molar-refractivity contribution in [1.29, 1.82) is 0 Å². The van der Waals surface area contributed by atoms with Gasteiger partial charge < -0.3 is 0 Å². The lowest BCUT2D eigenvalue weighted by Gasteiger charge is -2.00. The first-order valence-corrected chi connectivity index (χ1v) is 2.01. The van der Waals surface area contributed by atoms with Crippen LogP contribution in [0.4, 0.5) is 22.0 Å². The van der Waals surface area contributed by atoms with Crippen molar-refractivity contribution in [3.63, 3.8) is 0 Å². The molecule has 0 amide bonds. The van der Waals surface area contributed by atoms with E-state index < -0.39 is 17.3 Å². The maximum atomic E-state index is 11.0. The second-order valence-electron chi connectivity index (χ2n) is 1.07. The first-order chi connectivity index (χ1) is 3.85. The third-order valence-corrected chi connectivity index (χ3v) is 0.772. The van der Waals surface area contributed by atoms with Crippen molar-refractivity contribution in [2.75, 3.05) is 0 Å². The largest absolute Gasteiger partial charge is 0.432 e. The Balaban J connectivity index is 4.40. The maximum absolute atomic E-state index is 11.0. The summed E-state index contributed by atoms with van der Waals surface area (Å²) in [6.45, 7) is 0. The first-order valence-electron chi connectivity index (χ1n) is 1.63. The van der Waals surface area contributed by atoms with Crippen LogP contribution in [0.1, 0.15) is 0 Å². The lowest BCUT2D eigenvalue weighted by molar-refractivity contribution is -0.0875. The van der Waals surface area contributed by atoms with E-state index in [1.54, 1.807) is 0 Å². The molecule has 0 unspecified atom stereocenters. The van der Waals surface area contributed by atoms with Crippen LogP contribution >= 0.6 is 11.6 Å². The molecule has 0 bridgehead atoms. The van der Waals surface area contributed by atoms with E-state index >= 15 is 0 Å². The molecule has 0 aliphatic heterocycles. The van der Waals surface area contributed by atoms with Crippen molar-refractivity contribution >= 4 is 11.6 Å². The summed E-state index contributed by atoms with van der Waals surface area (Å²) in [5, 5.41) is -2.36. The van der Waals surface area contributed by atoms with Crippen molar-refractivity contribution in [3.8, 4) is 0 Å². The predicted molar refractivity (Wildman–Crippen MR) is 21.2 cm³/mol. The third kappa shape index (κ3) is 2.64. The maximum Gasteiger partial charge on any atom is 0.432 e. The smallest absolute Gasteiger partial charge is 0.172 e. The van der Waals surface area contributed by atoms with Crippen LogP contribution in [0, 0.1) is 0 Å². The SMILES string of the molecule is FC(F)=C(Cl)C(F)(F)F. The molecule has 0 aromatic heterocycles. The molecule has 0 rings (SSSR count). The fourth-order valence-electron chi connectivity index (χ4n) is 0.107. The normalized spacial score (nSPS) is 11.3. The molecule has 0 saturated carbocycles. The first kappa shape index (κ1) is 8.68. The Hall–Kier alpha value is -0.320. The molecule has 0 aliphatic carbocycles. The standard InChI is InChI=1S/C3ClF5/c4-1(2(5)6)3(7,8)9. The molecular weight excluding hydrogens is 166 g/mol. The second kappa shape index (κ2) is 2.51. The van der Waals surface area contributed by atoms with Gasteiger partial charge in [0.05, 0.1) is 0 Å². The zero-order valence-corrected chi connectivity index (χ0v) is 4.52. The van der Waals surface area contributed by atoms with E-state index in [4.69, 9.17) is 0 Å². The Morgan fingerprint density at radius 3 is 1.44 bits per heavy atom. The molecule has 0 aromatic carbocycles. The Labute approximate surface area is 51.9 Å². The molecule has 0 aliphatic rings. The van der Waals surface area contributed by atoms with Crippen LogP contribution in [-0.2, 0) is 0 Å². The van der Waals surface area contributed by atoms with Gasteiger partial charge in [0, 0.05) is 0 Å². The monoisotopic (exact) mass is 166 g/mol. The topological polar surface area (TPSA) is 0 Å². The fourth-order valence-corrected chi connectivity index (χ4v) is 0.107. The van der Waals surface area contributed by atoms with Crippen molar-refractivity contribution in [2.45, 2.75) is 6.18 Å². The number of hydrogen-bond acceptors (Lipinski definition) is 0. The summed E-state index contributed by atoms with van der Waals surface area (Å²) in [5.74, 6) is 0. The minimum absolute atomic E-state index is 2.36. The molecule has 6 heteroatoms. The van der Waals surface area contributed by atoms with Crippen molar-refractivity contribution in [2.24, 2.45) is 0 Å². The van der Waals surface area contributed by atoms with Crippen LogP contribution in [-0.4, -0.2) is 6.18 Å². The Bertz CT molecular complexity index is 130. The third-order valence-electron chi connectivity index (χ3n) is 0.415. The molecule has 0 radical (unpaired) electrons. The Morgan fingerprint density at radius 2 is 1.44 bits per heavy atom. The quantitative estimate of drug-likeness (QED) is 0.486. The summed E-state index contributed by atoms with van der Waals surface area (Å²) in [5.41, 5.74) is 0. The molecule has 0 atom stereocenters. The average molecular weight is 166 g/mol. The van der Waals surface area contributed by atoms with Gasteiger partial charge in [0.25, 0.3) is 6.08 Å². The lowest BCUT2D eigenvalue weighted by Crippen LogP contribution is -2.07. The second-order valence-corrected chi connectivity index (χ2v) is 1.45. The number of hydrogen-bond donors (Lipinski definition) is 0. The molecule has 0 nitrogen and oxygen atoms in total. The summed E-state index contributed by atoms with van der Waals surface area (Å²) in [6.07, 6.45) is -8.04. The van der Waals surface area contributed by atoms with Gasteiger partial charge >= 0.3 is 6.18 Å². The molecule has 0 saturated heterocycles. The molecule has 54 valence electrons. The molecule has 0 fully saturated rings. The number of halogens is 6. The van der Waals surface area contributed by atoms with Gasteiger partial charge in [-0.25, -0.2) is 0 Å². The molecular formula is C3ClF5. The van der Waals surface area contributed by atoms with Crippen LogP contribution in [0.25, 0.3) is 0 Å². The van der Waals surface area contributed by atoms with Crippen molar-refractivity contribution in [1.82, 2.24) is 0 Å². The summed E-state index contributed by atoms with van der Waals surface area (Å²) >= 11 is 4.10. The Kier molecular flexibility index (Phi) is 2.42. The predicted octanol–water partition coefficient (Wildman–Crippen LogP) is 2.90. The zero-order chi connectivity index (χ0) is 7.65. The fraction of sp³-hybridized carbons (Fsp3) is 0.333.